The van der Waals surface area contributed by atoms with Gasteiger partial charge >= 0.3 is 0 Å². The zero-order chi connectivity index (χ0) is 18.4. The van der Waals surface area contributed by atoms with E-state index >= 15 is 0 Å². The van der Waals surface area contributed by atoms with Gasteiger partial charge in [0.2, 0.25) is 0 Å². The third kappa shape index (κ3) is 2.84. The summed E-state index contributed by atoms with van der Waals surface area (Å²) in [6.45, 7) is 11.9. The molecule has 148 valence electrons. The van der Waals surface area contributed by atoms with Crippen molar-refractivity contribution in [2.75, 3.05) is 0 Å². The fourth-order valence-electron chi connectivity index (χ4n) is 9.11. The van der Waals surface area contributed by atoms with Gasteiger partial charge in [-0.25, -0.2) is 0 Å². The van der Waals surface area contributed by atoms with Gasteiger partial charge in [-0.2, -0.15) is 0 Å². The highest BCUT2D eigenvalue weighted by Crippen LogP contribution is 2.69. The minimum absolute atomic E-state index is 0.665. The van der Waals surface area contributed by atoms with Crippen LogP contribution in [0.25, 0.3) is 0 Å². The Morgan fingerprint density at radius 2 is 1.73 bits per heavy atom. The summed E-state index contributed by atoms with van der Waals surface area (Å²) in [7, 11) is 0. The lowest BCUT2D eigenvalue weighted by atomic mass is 9.42. The van der Waals surface area contributed by atoms with Gasteiger partial charge in [0.05, 0.1) is 0 Å². The van der Waals surface area contributed by atoms with Gasteiger partial charge in [0.1, 0.15) is 0 Å². The minimum atomic E-state index is 0.665. The van der Waals surface area contributed by atoms with Crippen molar-refractivity contribution < 1.29 is 0 Å². The Kier molecular flexibility index (Phi) is 5.35. The molecule has 0 aliphatic heterocycles. The topological polar surface area (TPSA) is 0 Å². The zero-order valence-electron chi connectivity index (χ0n) is 17.9. The number of hydrogen-bond acceptors (Lipinski definition) is 0. The van der Waals surface area contributed by atoms with Crippen LogP contribution in [-0.2, 0) is 0 Å². The fourth-order valence-corrected chi connectivity index (χ4v) is 9.11. The van der Waals surface area contributed by atoms with E-state index in [0.717, 1.165) is 35.5 Å². The summed E-state index contributed by atoms with van der Waals surface area (Å²) in [5, 5.41) is 0. The molecule has 6 unspecified atom stereocenters. The van der Waals surface area contributed by atoms with E-state index < -0.39 is 0 Å². The van der Waals surface area contributed by atoms with Crippen molar-refractivity contribution >= 4 is 0 Å². The van der Waals surface area contributed by atoms with Crippen LogP contribution in [0.3, 0.4) is 0 Å². The first-order valence-electron chi connectivity index (χ1n) is 12.2. The molecule has 4 aliphatic rings. The summed E-state index contributed by atoms with van der Waals surface area (Å²) in [6, 6.07) is 0. The first-order chi connectivity index (χ1) is 12.5. The van der Waals surface area contributed by atoms with Crippen molar-refractivity contribution in [1.29, 1.82) is 0 Å². The highest BCUT2D eigenvalue weighted by molar-refractivity contribution is 5.10. The number of allylic oxidation sites excluding steroid dienone is 1. The lowest BCUT2D eigenvalue weighted by Crippen LogP contribution is -2.55. The van der Waals surface area contributed by atoms with Gasteiger partial charge in [0.15, 0.2) is 0 Å². The van der Waals surface area contributed by atoms with Gasteiger partial charge in [-0.05, 0) is 111 Å². The van der Waals surface area contributed by atoms with Crippen LogP contribution in [0, 0.1) is 46.3 Å². The van der Waals surface area contributed by atoms with Crippen molar-refractivity contribution in [3.63, 3.8) is 0 Å². The summed E-state index contributed by atoms with van der Waals surface area (Å²) < 4.78 is 0. The monoisotopic (exact) mass is 356 g/mol. The standard InChI is InChI=1S/C26H44/c1-5-7-8-11-20-13-14-23-21-18-19(6-2)22-12-9-10-16-26(22,4)24(21)15-17-25(20,23)3/h5,19-24H,1,6-18H2,2-4H3/t19-,20?,21?,22?,23?,24-,25?,26?/m0/s1. The van der Waals surface area contributed by atoms with E-state index in [1.54, 1.807) is 32.1 Å². The van der Waals surface area contributed by atoms with Crippen molar-refractivity contribution in [3.05, 3.63) is 12.7 Å². The highest BCUT2D eigenvalue weighted by Gasteiger charge is 2.60. The molecule has 4 rings (SSSR count). The number of hydrogen-bond donors (Lipinski definition) is 0. The summed E-state index contributed by atoms with van der Waals surface area (Å²) in [4.78, 5) is 0. The second-order valence-electron chi connectivity index (χ2n) is 11.2. The molecule has 4 aliphatic carbocycles. The Bertz CT molecular complexity index is 506. The first-order valence-corrected chi connectivity index (χ1v) is 12.2. The van der Waals surface area contributed by atoms with Crippen LogP contribution in [0.4, 0.5) is 0 Å². The zero-order valence-corrected chi connectivity index (χ0v) is 17.9. The normalized spacial score (nSPS) is 50.6. The summed E-state index contributed by atoms with van der Waals surface area (Å²) in [5.74, 6) is 6.25. The molecular formula is C26H44. The molecule has 0 heterocycles. The van der Waals surface area contributed by atoms with Crippen LogP contribution in [0.5, 0.6) is 0 Å². The third-order valence-corrected chi connectivity index (χ3v) is 10.4. The molecule has 0 bridgehead atoms. The van der Waals surface area contributed by atoms with E-state index in [0.29, 0.717) is 10.8 Å². The van der Waals surface area contributed by atoms with E-state index in [9.17, 15) is 0 Å². The van der Waals surface area contributed by atoms with Crippen LogP contribution >= 0.6 is 0 Å². The molecule has 4 fully saturated rings. The lowest BCUT2D eigenvalue weighted by molar-refractivity contribution is -0.135. The molecule has 0 radical (unpaired) electrons. The quantitative estimate of drug-likeness (QED) is 0.345. The Morgan fingerprint density at radius 1 is 0.923 bits per heavy atom. The Balaban J connectivity index is 1.57. The molecule has 0 heteroatoms. The molecule has 0 amide bonds. The van der Waals surface area contributed by atoms with Crippen LogP contribution in [-0.4, -0.2) is 0 Å². The molecule has 8 atom stereocenters. The molecule has 26 heavy (non-hydrogen) atoms. The summed E-state index contributed by atoms with van der Waals surface area (Å²) in [6.07, 6.45) is 21.5. The molecule has 0 spiro atoms. The van der Waals surface area contributed by atoms with Gasteiger partial charge in [-0.1, -0.05) is 46.1 Å². The molecule has 0 aromatic rings. The molecule has 4 saturated carbocycles. The van der Waals surface area contributed by atoms with Gasteiger partial charge < -0.3 is 0 Å². The number of rotatable bonds is 5. The van der Waals surface area contributed by atoms with Gasteiger partial charge in [-0.15, -0.1) is 6.58 Å². The van der Waals surface area contributed by atoms with E-state index in [1.807, 2.05) is 0 Å². The van der Waals surface area contributed by atoms with Crippen molar-refractivity contribution in [1.82, 2.24) is 0 Å². The van der Waals surface area contributed by atoms with Crippen molar-refractivity contribution in [2.24, 2.45) is 46.3 Å². The highest BCUT2D eigenvalue weighted by atomic mass is 14.7. The first kappa shape index (κ1) is 19.1. The lowest BCUT2D eigenvalue weighted by Gasteiger charge is -2.62. The summed E-state index contributed by atoms with van der Waals surface area (Å²) >= 11 is 0. The maximum atomic E-state index is 3.94. The molecule has 0 N–H and O–H groups in total. The molecule has 0 nitrogen and oxygen atoms in total. The van der Waals surface area contributed by atoms with E-state index in [4.69, 9.17) is 0 Å². The second-order valence-corrected chi connectivity index (χ2v) is 11.2. The molecular weight excluding hydrogens is 312 g/mol. The van der Waals surface area contributed by atoms with Crippen molar-refractivity contribution in [3.8, 4) is 0 Å². The van der Waals surface area contributed by atoms with E-state index in [1.165, 1.54) is 51.4 Å². The average Bonchev–Trinajstić information content (AvgIpc) is 2.97. The maximum Gasteiger partial charge on any atom is -0.0264 e. The maximum absolute atomic E-state index is 3.94. The van der Waals surface area contributed by atoms with Crippen molar-refractivity contribution in [2.45, 2.75) is 104 Å². The smallest absolute Gasteiger partial charge is 0.0264 e. The fraction of sp³-hybridized carbons (Fsp3) is 0.923. The third-order valence-electron chi connectivity index (χ3n) is 10.4. The van der Waals surface area contributed by atoms with E-state index in [2.05, 4.69) is 33.4 Å². The second kappa shape index (κ2) is 7.29. The predicted octanol–water partition coefficient (Wildman–Crippen LogP) is 8.03. The summed E-state index contributed by atoms with van der Waals surface area (Å²) in [5.41, 5.74) is 1.35. The number of unbranched alkanes of at least 4 members (excludes halogenated alkanes) is 1. The Hall–Kier alpha value is -0.260. The van der Waals surface area contributed by atoms with Crippen LogP contribution in [0.15, 0.2) is 12.7 Å². The van der Waals surface area contributed by atoms with E-state index in [-0.39, 0.29) is 0 Å². The van der Waals surface area contributed by atoms with Crippen LogP contribution < -0.4 is 0 Å². The Morgan fingerprint density at radius 3 is 2.50 bits per heavy atom. The average molecular weight is 357 g/mol. The Labute approximate surface area is 163 Å². The predicted molar refractivity (Wildman–Crippen MR) is 113 cm³/mol. The van der Waals surface area contributed by atoms with Crippen LogP contribution in [0.1, 0.15) is 104 Å². The minimum Gasteiger partial charge on any atom is -0.103 e. The SMILES string of the molecule is C=CCCCC1CCC2C3C[C@H](CC)C4CCCCC4(C)[C@H]3CCC12C. The molecule has 0 saturated heterocycles. The van der Waals surface area contributed by atoms with Gasteiger partial charge in [-0.3, -0.25) is 0 Å². The number of fused-ring (bicyclic) bond motifs is 5. The molecule has 0 aromatic carbocycles. The largest absolute Gasteiger partial charge is 0.103 e. The molecule has 0 aromatic heterocycles. The van der Waals surface area contributed by atoms with Gasteiger partial charge in [0, 0.05) is 0 Å². The van der Waals surface area contributed by atoms with Crippen LogP contribution in [0.2, 0.25) is 0 Å². The van der Waals surface area contributed by atoms with Gasteiger partial charge in [0.25, 0.3) is 0 Å².